The lowest BCUT2D eigenvalue weighted by Gasteiger charge is -2.47. The zero-order valence-corrected chi connectivity index (χ0v) is 22.4. The summed E-state index contributed by atoms with van der Waals surface area (Å²) >= 11 is 0. The van der Waals surface area contributed by atoms with E-state index in [0.717, 1.165) is 4.90 Å². The van der Waals surface area contributed by atoms with Gasteiger partial charge in [-0.3, -0.25) is 9.69 Å². The molecule has 0 aliphatic carbocycles. The maximum Gasteiger partial charge on any atom is 0.471 e. The second-order valence-corrected chi connectivity index (χ2v) is 16.1. The summed E-state index contributed by atoms with van der Waals surface area (Å²) in [7, 11) is -1.90. The van der Waals surface area contributed by atoms with Crippen LogP contribution in [0.1, 0.15) is 44.7 Å². The van der Waals surface area contributed by atoms with Gasteiger partial charge in [0.25, 0.3) is 0 Å². The van der Waals surface area contributed by atoms with Crippen LogP contribution in [0.25, 0.3) is 0 Å². The number of alkyl halides is 3. The maximum absolute atomic E-state index is 15.2. The van der Waals surface area contributed by atoms with Gasteiger partial charge in [0, 0.05) is 38.3 Å². The predicted octanol–water partition coefficient (Wildman–Crippen LogP) is 5.15. The minimum atomic E-state index is -4.88. The fourth-order valence-electron chi connectivity index (χ4n) is 4.44. The Bertz CT molecular complexity index is 894. The number of carbonyl (C=O) groups is 1. The van der Waals surface area contributed by atoms with Gasteiger partial charge in [0.1, 0.15) is 5.82 Å². The van der Waals surface area contributed by atoms with Gasteiger partial charge in [-0.15, -0.1) is 0 Å². The lowest BCUT2D eigenvalue weighted by atomic mass is 9.89. The lowest BCUT2D eigenvalue weighted by Crippen LogP contribution is -2.59. The fourth-order valence-corrected chi connectivity index (χ4v) is 5.49. The molecule has 1 aromatic carbocycles. The van der Waals surface area contributed by atoms with Crippen LogP contribution in [0, 0.1) is 5.82 Å². The van der Waals surface area contributed by atoms with Crippen LogP contribution in [0.3, 0.4) is 0 Å². The Morgan fingerprint density at radius 3 is 2.34 bits per heavy atom. The third-order valence-electron chi connectivity index (χ3n) is 7.74. The van der Waals surface area contributed by atoms with Crippen molar-refractivity contribution in [2.75, 3.05) is 39.4 Å². The Morgan fingerprint density at radius 1 is 1.11 bits per heavy atom. The van der Waals surface area contributed by atoms with E-state index < -0.39 is 26.0 Å². The number of halogens is 4. The highest BCUT2D eigenvalue weighted by atomic mass is 28.4. The largest absolute Gasteiger partial charge is 0.471 e. The fraction of sp³-hybridized carbons (Fsp3) is 0.720. The van der Waals surface area contributed by atoms with Gasteiger partial charge in [-0.2, -0.15) is 13.2 Å². The number of hydrogen-bond acceptors (Lipinski definition) is 4. The number of rotatable bonds is 6. The summed E-state index contributed by atoms with van der Waals surface area (Å²) in [4.78, 5) is 14.6. The number of ether oxygens (including phenoxy) is 1. The number of nitrogens with zero attached hydrogens (tertiary/aromatic N) is 2. The third-order valence-corrected chi connectivity index (χ3v) is 12.3. The second kappa shape index (κ2) is 10.5. The van der Waals surface area contributed by atoms with Gasteiger partial charge in [0.15, 0.2) is 8.32 Å². The molecule has 10 heteroatoms. The molecular formula is C25H38F4N2O3Si. The van der Waals surface area contributed by atoms with Crippen molar-refractivity contribution in [3.05, 3.63) is 35.1 Å². The maximum atomic E-state index is 15.2. The molecule has 1 aromatic rings. The monoisotopic (exact) mass is 518 g/mol. The number of carbonyl (C=O) groups excluding carboxylic acids is 1. The van der Waals surface area contributed by atoms with Crippen LogP contribution in [0.4, 0.5) is 17.6 Å². The lowest BCUT2D eigenvalue weighted by molar-refractivity contribution is -0.200. The molecule has 35 heavy (non-hydrogen) atoms. The van der Waals surface area contributed by atoms with E-state index in [-0.39, 0.29) is 30.6 Å². The molecule has 0 unspecified atom stereocenters. The minimum absolute atomic E-state index is 0.0546. The van der Waals surface area contributed by atoms with Crippen LogP contribution < -0.4 is 0 Å². The molecule has 1 amide bonds. The van der Waals surface area contributed by atoms with Crippen LogP contribution in [-0.4, -0.2) is 75.2 Å². The molecule has 0 bridgehead atoms. The Kier molecular flexibility index (Phi) is 8.40. The zero-order valence-electron chi connectivity index (χ0n) is 21.4. The first-order chi connectivity index (χ1) is 16.1. The summed E-state index contributed by atoms with van der Waals surface area (Å²) in [6.07, 6.45) is -3.38. The molecule has 2 fully saturated rings. The first-order valence-electron chi connectivity index (χ1n) is 12.3. The number of amides is 1. The van der Waals surface area contributed by atoms with Gasteiger partial charge in [-0.25, -0.2) is 4.39 Å². The van der Waals surface area contributed by atoms with E-state index >= 15 is 4.39 Å². The number of likely N-dealkylation sites (tertiary alicyclic amines) is 1. The topological polar surface area (TPSA) is 42.0 Å². The summed E-state index contributed by atoms with van der Waals surface area (Å²) in [6, 6.07) is 5.43. The van der Waals surface area contributed by atoms with E-state index in [0.29, 0.717) is 56.6 Å². The first-order valence-corrected chi connectivity index (χ1v) is 15.2. The van der Waals surface area contributed by atoms with Gasteiger partial charge >= 0.3 is 12.1 Å². The van der Waals surface area contributed by atoms with Crippen molar-refractivity contribution in [2.24, 2.45) is 0 Å². The molecule has 2 aliphatic rings. The van der Waals surface area contributed by atoms with Crippen molar-refractivity contribution in [2.45, 2.75) is 76.5 Å². The molecule has 0 aromatic heterocycles. The molecule has 2 saturated heterocycles. The molecule has 198 valence electrons. The number of piperidine rings is 1. The van der Waals surface area contributed by atoms with Crippen LogP contribution >= 0.6 is 0 Å². The molecule has 1 spiro atoms. The van der Waals surface area contributed by atoms with Crippen LogP contribution in [-0.2, 0) is 26.9 Å². The zero-order chi connectivity index (χ0) is 26.1. The second-order valence-electron chi connectivity index (χ2n) is 11.3. The Morgan fingerprint density at radius 2 is 1.74 bits per heavy atom. The van der Waals surface area contributed by atoms with Crippen molar-refractivity contribution in [1.29, 1.82) is 0 Å². The molecule has 0 radical (unpaired) electrons. The van der Waals surface area contributed by atoms with Crippen molar-refractivity contribution >= 4 is 14.2 Å². The average molecular weight is 519 g/mol. The minimum Gasteiger partial charge on any atom is -0.416 e. The summed E-state index contributed by atoms with van der Waals surface area (Å²) < 4.78 is 65.9. The summed E-state index contributed by atoms with van der Waals surface area (Å²) in [5.74, 6) is -2.03. The SMILES string of the molecule is CC(C)(C)[Si](C)(C)OCCc1cccc(CN2CCC3(CC2)CN(C(=O)C(F)(F)F)CCO3)c1F. The number of hydrogen-bond donors (Lipinski definition) is 0. The highest BCUT2D eigenvalue weighted by molar-refractivity contribution is 6.74. The highest BCUT2D eigenvalue weighted by Gasteiger charge is 2.48. The van der Waals surface area contributed by atoms with Crippen LogP contribution in [0.5, 0.6) is 0 Å². The van der Waals surface area contributed by atoms with E-state index in [4.69, 9.17) is 9.16 Å². The molecule has 0 saturated carbocycles. The van der Waals surface area contributed by atoms with Crippen LogP contribution in [0.15, 0.2) is 18.2 Å². The average Bonchev–Trinajstić information content (AvgIpc) is 2.76. The molecule has 5 nitrogen and oxygen atoms in total. The van der Waals surface area contributed by atoms with Crippen LogP contribution in [0.2, 0.25) is 18.1 Å². The van der Waals surface area contributed by atoms with E-state index in [1.165, 1.54) is 0 Å². The van der Waals surface area contributed by atoms with Crippen molar-refractivity contribution in [1.82, 2.24) is 9.80 Å². The predicted molar refractivity (Wildman–Crippen MR) is 129 cm³/mol. The summed E-state index contributed by atoms with van der Waals surface area (Å²) in [5.41, 5.74) is 0.466. The van der Waals surface area contributed by atoms with E-state index in [1.54, 1.807) is 12.1 Å². The smallest absolute Gasteiger partial charge is 0.416 e. The van der Waals surface area contributed by atoms with Gasteiger partial charge in [0.2, 0.25) is 0 Å². The van der Waals surface area contributed by atoms with Gasteiger partial charge in [-0.05, 0) is 43.0 Å². The summed E-state index contributed by atoms with van der Waals surface area (Å²) in [6.45, 7) is 12.9. The summed E-state index contributed by atoms with van der Waals surface area (Å²) in [5, 5.41) is 0.0954. The van der Waals surface area contributed by atoms with Crippen molar-refractivity contribution in [3.8, 4) is 0 Å². The van der Waals surface area contributed by atoms with E-state index in [1.807, 2.05) is 6.07 Å². The Labute approximate surface area is 206 Å². The number of morpholine rings is 1. The molecule has 2 aliphatic heterocycles. The van der Waals surface area contributed by atoms with Gasteiger partial charge in [-0.1, -0.05) is 39.0 Å². The quantitative estimate of drug-likeness (QED) is 0.386. The van der Waals surface area contributed by atoms with Gasteiger partial charge < -0.3 is 14.1 Å². The van der Waals surface area contributed by atoms with Gasteiger partial charge in [0.05, 0.1) is 18.8 Å². The Hall–Kier alpha value is -1.49. The molecule has 3 rings (SSSR count). The number of benzene rings is 1. The van der Waals surface area contributed by atoms with Crippen molar-refractivity contribution in [3.63, 3.8) is 0 Å². The van der Waals surface area contributed by atoms with E-state index in [9.17, 15) is 18.0 Å². The van der Waals surface area contributed by atoms with Crippen molar-refractivity contribution < 1.29 is 31.5 Å². The highest BCUT2D eigenvalue weighted by Crippen LogP contribution is 2.37. The normalized spacial score (nSPS) is 19.9. The Balaban J connectivity index is 1.55. The standard InChI is InChI=1S/C25H38F4N2O3Si/c1-23(2,3)35(4,5)34-15-9-19-7-6-8-20(21(19)26)17-30-12-10-24(11-13-30)18-31(14-16-33-24)22(32)25(27,28)29/h6-8H,9-18H2,1-5H3. The third kappa shape index (κ3) is 6.84. The van der Waals surface area contributed by atoms with E-state index in [2.05, 4.69) is 38.8 Å². The molecule has 2 heterocycles. The first kappa shape index (κ1) is 28.1. The molecule has 0 atom stereocenters. The molecule has 0 N–H and O–H groups in total. The molecular weight excluding hydrogens is 480 g/mol.